The van der Waals surface area contributed by atoms with Crippen LogP contribution in [-0.4, -0.2) is 14.3 Å². The highest BCUT2D eigenvalue weighted by atomic mass is 35.5. The summed E-state index contributed by atoms with van der Waals surface area (Å²) >= 11 is 11.8. The van der Waals surface area contributed by atoms with Crippen LogP contribution < -0.4 is 10.0 Å². The van der Waals surface area contributed by atoms with Crippen LogP contribution in [0.25, 0.3) is 0 Å². The van der Waals surface area contributed by atoms with E-state index >= 15 is 0 Å². The highest BCUT2D eigenvalue weighted by molar-refractivity contribution is 7.92. The molecule has 0 saturated heterocycles. The molecule has 0 unspecified atom stereocenters. The molecule has 9 heteroatoms. The average molecular weight is 439 g/mol. The van der Waals surface area contributed by atoms with Gasteiger partial charge < -0.3 is 5.32 Å². The quantitative estimate of drug-likeness (QED) is 0.575. The molecule has 0 radical (unpaired) electrons. The molecule has 3 rings (SSSR count). The molecule has 0 aliphatic heterocycles. The van der Waals surface area contributed by atoms with Crippen LogP contribution in [0.5, 0.6) is 0 Å². The molecule has 0 aliphatic carbocycles. The van der Waals surface area contributed by atoms with Gasteiger partial charge in [0.1, 0.15) is 5.82 Å². The van der Waals surface area contributed by atoms with Crippen molar-refractivity contribution in [2.75, 3.05) is 10.0 Å². The first kappa shape index (κ1) is 20.1. The number of anilines is 2. The van der Waals surface area contributed by atoms with Gasteiger partial charge in [-0.15, -0.1) is 0 Å². The van der Waals surface area contributed by atoms with E-state index in [0.29, 0.717) is 10.7 Å². The van der Waals surface area contributed by atoms with Crippen molar-refractivity contribution in [3.8, 4) is 0 Å². The lowest BCUT2D eigenvalue weighted by atomic mass is 10.2. The molecule has 28 heavy (non-hydrogen) atoms. The molecule has 5 nitrogen and oxygen atoms in total. The van der Waals surface area contributed by atoms with E-state index in [1.54, 1.807) is 6.07 Å². The smallest absolute Gasteiger partial charge is 0.261 e. The Balaban J connectivity index is 1.73. The lowest BCUT2D eigenvalue weighted by molar-refractivity contribution is 0.102. The summed E-state index contributed by atoms with van der Waals surface area (Å²) in [6, 6.07) is 15.0. The Labute approximate surface area is 171 Å². The Morgan fingerprint density at radius 3 is 2.07 bits per heavy atom. The van der Waals surface area contributed by atoms with Crippen molar-refractivity contribution >= 4 is 50.5 Å². The maximum absolute atomic E-state index is 12.9. The summed E-state index contributed by atoms with van der Waals surface area (Å²) in [7, 11) is -3.86. The number of carbonyl (C=O) groups excluding carboxylic acids is 1. The fourth-order valence-corrected chi connectivity index (χ4v) is 3.87. The van der Waals surface area contributed by atoms with E-state index < -0.39 is 21.7 Å². The zero-order valence-corrected chi connectivity index (χ0v) is 16.4. The number of amides is 1. The SMILES string of the molecule is O=C(Nc1ccc(S(=O)(=O)Nc2ccc(F)cc2)cc1)c1ccc(Cl)cc1Cl. The molecular weight excluding hydrogens is 426 g/mol. The first-order valence-corrected chi connectivity index (χ1v) is 10.1. The molecule has 3 aromatic carbocycles. The minimum atomic E-state index is -3.86. The predicted octanol–water partition coefficient (Wildman–Crippen LogP) is 5.19. The lowest BCUT2D eigenvalue weighted by Gasteiger charge is -2.10. The van der Waals surface area contributed by atoms with Crippen LogP contribution in [0.15, 0.2) is 71.6 Å². The van der Waals surface area contributed by atoms with E-state index in [4.69, 9.17) is 23.2 Å². The standard InChI is InChI=1S/C19H13Cl2FN2O3S/c20-12-1-10-17(18(21)11-12)19(25)23-14-6-8-16(9-7-14)28(26,27)24-15-4-2-13(22)3-5-15/h1-11,24H,(H,23,25). The summed E-state index contributed by atoms with van der Waals surface area (Å²) in [6.45, 7) is 0. The molecule has 144 valence electrons. The van der Waals surface area contributed by atoms with Crippen LogP contribution in [0.2, 0.25) is 10.0 Å². The van der Waals surface area contributed by atoms with Crippen molar-refractivity contribution < 1.29 is 17.6 Å². The molecule has 0 saturated carbocycles. The molecule has 3 aromatic rings. The number of hydrogen-bond donors (Lipinski definition) is 2. The second-order valence-electron chi connectivity index (χ2n) is 5.72. The zero-order chi connectivity index (χ0) is 20.3. The predicted molar refractivity (Wildman–Crippen MR) is 108 cm³/mol. The second kappa shape index (κ2) is 8.18. The number of rotatable bonds is 5. The van der Waals surface area contributed by atoms with Gasteiger partial charge in [-0.05, 0) is 66.7 Å². The maximum Gasteiger partial charge on any atom is 0.261 e. The third-order valence-electron chi connectivity index (χ3n) is 3.69. The third kappa shape index (κ3) is 4.81. The fourth-order valence-electron chi connectivity index (χ4n) is 2.32. The highest BCUT2D eigenvalue weighted by Gasteiger charge is 2.15. The number of carbonyl (C=O) groups is 1. The Kier molecular flexibility index (Phi) is 5.88. The number of sulfonamides is 1. The molecule has 0 fully saturated rings. The van der Waals surface area contributed by atoms with Crippen LogP contribution in [0.3, 0.4) is 0 Å². The average Bonchev–Trinajstić information content (AvgIpc) is 2.64. The molecule has 0 heterocycles. The number of halogens is 3. The molecular formula is C19H13Cl2FN2O3S. The van der Waals surface area contributed by atoms with Crippen LogP contribution in [0.1, 0.15) is 10.4 Å². The molecule has 0 atom stereocenters. The Bertz CT molecular complexity index is 1120. The Hall–Kier alpha value is -2.61. The summed E-state index contributed by atoms with van der Waals surface area (Å²) in [5, 5.41) is 3.24. The van der Waals surface area contributed by atoms with E-state index in [9.17, 15) is 17.6 Å². The Morgan fingerprint density at radius 2 is 1.46 bits per heavy atom. The van der Waals surface area contributed by atoms with E-state index in [1.165, 1.54) is 48.5 Å². The van der Waals surface area contributed by atoms with Crippen molar-refractivity contribution in [2.24, 2.45) is 0 Å². The summed E-state index contributed by atoms with van der Waals surface area (Å²) < 4.78 is 40.1. The van der Waals surface area contributed by atoms with Gasteiger partial charge in [0.05, 0.1) is 15.5 Å². The van der Waals surface area contributed by atoms with Crippen molar-refractivity contribution in [3.63, 3.8) is 0 Å². The van der Waals surface area contributed by atoms with Crippen molar-refractivity contribution in [1.29, 1.82) is 0 Å². The maximum atomic E-state index is 12.9. The largest absolute Gasteiger partial charge is 0.322 e. The summed E-state index contributed by atoms with van der Waals surface area (Å²) in [4.78, 5) is 12.3. The second-order valence-corrected chi connectivity index (χ2v) is 8.24. The normalized spacial score (nSPS) is 11.1. The number of hydrogen-bond acceptors (Lipinski definition) is 3. The van der Waals surface area contributed by atoms with Crippen LogP contribution in [0.4, 0.5) is 15.8 Å². The fraction of sp³-hybridized carbons (Fsp3) is 0. The van der Waals surface area contributed by atoms with E-state index in [0.717, 1.165) is 12.1 Å². The van der Waals surface area contributed by atoms with Gasteiger partial charge in [-0.1, -0.05) is 23.2 Å². The van der Waals surface area contributed by atoms with Gasteiger partial charge in [0, 0.05) is 16.4 Å². The first-order chi connectivity index (χ1) is 13.2. The molecule has 0 spiro atoms. The van der Waals surface area contributed by atoms with Gasteiger partial charge in [0.15, 0.2) is 0 Å². The van der Waals surface area contributed by atoms with Crippen molar-refractivity contribution in [1.82, 2.24) is 0 Å². The number of benzene rings is 3. The molecule has 0 aliphatic rings. The molecule has 0 aromatic heterocycles. The van der Waals surface area contributed by atoms with Crippen LogP contribution in [-0.2, 0) is 10.0 Å². The minimum absolute atomic E-state index is 0.0145. The molecule has 0 bridgehead atoms. The van der Waals surface area contributed by atoms with Crippen LogP contribution >= 0.6 is 23.2 Å². The third-order valence-corrected chi connectivity index (χ3v) is 5.64. The number of nitrogens with one attached hydrogen (secondary N) is 2. The van der Waals surface area contributed by atoms with Crippen LogP contribution in [0, 0.1) is 5.82 Å². The molecule has 2 N–H and O–H groups in total. The zero-order valence-electron chi connectivity index (χ0n) is 14.1. The molecule has 1 amide bonds. The van der Waals surface area contributed by atoms with E-state index in [2.05, 4.69) is 10.0 Å². The minimum Gasteiger partial charge on any atom is -0.322 e. The van der Waals surface area contributed by atoms with E-state index in [-0.39, 0.29) is 21.2 Å². The summed E-state index contributed by atoms with van der Waals surface area (Å²) in [5.74, 6) is -0.925. The van der Waals surface area contributed by atoms with Gasteiger partial charge in [0.2, 0.25) is 0 Å². The van der Waals surface area contributed by atoms with Gasteiger partial charge in [-0.25, -0.2) is 12.8 Å². The summed E-state index contributed by atoms with van der Waals surface area (Å²) in [6.07, 6.45) is 0. The van der Waals surface area contributed by atoms with Crippen molar-refractivity contribution in [2.45, 2.75) is 4.90 Å². The first-order valence-electron chi connectivity index (χ1n) is 7.89. The van der Waals surface area contributed by atoms with Gasteiger partial charge in [-0.2, -0.15) is 0 Å². The lowest BCUT2D eigenvalue weighted by Crippen LogP contribution is -2.14. The Morgan fingerprint density at radius 1 is 0.857 bits per heavy atom. The van der Waals surface area contributed by atoms with Crippen molar-refractivity contribution in [3.05, 3.63) is 88.2 Å². The summed E-state index contributed by atoms with van der Waals surface area (Å²) in [5.41, 5.74) is 0.855. The van der Waals surface area contributed by atoms with Gasteiger partial charge in [-0.3, -0.25) is 9.52 Å². The monoisotopic (exact) mass is 438 g/mol. The van der Waals surface area contributed by atoms with E-state index in [1.807, 2.05) is 0 Å². The van der Waals surface area contributed by atoms with Gasteiger partial charge >= 0.3 is 0 Å². The topological polar surface area (TPSA) is 75.3 Å². The van der Waals surface area contributed by atoms with Gasteiger partial charge in [0.25, 0.3) is 15.9 Å². The highest BCUT2D eigenvalue weighted by Crippen LogP contribution is 2.23.